The quantitative estimate of drug-likeness (QED) is 0.709. The van der Waals surface area contributed by atoms with Gasteiger partial charge in [-0.25, -0.2) is 9.18 Å². The highest BCUT2D eigenvalue weighted by Gasteiger charge is 2.10. The first-order valence-corrected chi connectivity index (χ1v) is 4.44. The summed E-state index contributed by atoms with van der Waals surface area (Å²) in [6.45, 7) is -0.363. The van der Waals surface area contributed by atoms with Crippen molar-refractivity contribution in [1.29, 1.82) is 0 Å². The van der Waals surface area contributed by atoms with Crippen molar-refractivity contribution in [2.75, 3.05) is 6.54 Å². The topological polar surface area (TPSA) is 69.6 Å². The van der Waals surface area contributed by atoms with E-state index < -0.39 is 12.3 Å². The molecule has 0 aliphatic carbocycles. The summed E-state index contributed by atoms with van der Waals surface area (Å²) >= 11 is 0. The molecule has 82 valence electrons. The van der Waals surface area contributed by atoms with Gasteiger partial charge in [-0.3, -0.25) is 0 Å². The highest BCUT2D eigenvalue weighted by atomic mass is 19.1. The van der Waals surface area contributed by atoms with E-state index >= 15 is 0 Å². The number of carboxylic acid groups (broad SMARTS) is 1. The molecule has 0 saturated heterocycles. The van der Waals surface area contributed by atoms with Crippen LogP contribution in [0.15, 0.2) is 24.3 Å². The van der Waals surface area contributed by atoms with Crippen LogP contribution in [-0.4, -0.2) is 22.9 Å². The molecular formula is C10H12FNO3. The van der Waals surface area contributed by atoms with Gasteiger partial charge in [0.2, 0.25) is 0 Å². The number of hydrogen-bond donors (Lipinski definition) is 3. The second-order valence-corrected chi connectivity index (χ2v) is 3.05. The summed E-state index contributed by atoms with van der Waals surface area (Å²) in [6, 6.07) is 6.25. The normalized spacial score (nSPS) is 12.1. The van der Waals surface area contributed by atoms with Gasteiger partial charge in [0.25, 0.3) is 0 Å². The van der Waals surface area contributed by atoms with Gasteiger partial charge in [0.1, 0.15) is 6.17 Å². The predicted molar refractivity (Wildman–Crippen MR) is 52.2 cm³/mol. The summed E-state index contributed by atoms with van der Waals surface area (Å²) in [5.41, 5.74) is 1.08. The average Bonchev–Trinajstić information content (AvgIpc) is 2.26. The standard InChI is InChI=1S/C10H12FNO3/c11-9(5-12-10(14)15)8-3-1-7(6-13)2-4-8/h1-4,9,12-13H,5-6H2,(H,14,15)/t9-/m0/s1. The number of hydrogen-bond acceptors (Lipinski definition) is 2. The lowest BCUT2D eigenvalue weighted by atomic mass is 10.1. The van der Waals surface area contributed by atoms with Crippen LogP contribution in [0, 0.1) is 0 Å². The highest BCUT2D eigenvalue weighted by Crippen LogP contribution is 2.16. The Morgan fingerprint density at radius 2 is 2.00 bits per heavy atom. The van der Waals surface area contributed by atoms with Gasteiger partial charge in [0.05, 0.1) is 13.2 Å². The molecule has 0 aromatic heterocycles. The van der Waals surface area contributed by atoms with Crippen LogP contribution in [0.3, 0.4) is 0 Å². The van der Waals surface area contributed by atoms with Gasteiger partial charge in [0.15, 0.2) is 0 Å². The zero-order valence-corrected chi connectivity index (χ0v) is 7.98. The molecule has 1 atom stereocenters. The van der Waals surface area contributed by atoms with E-state index in [1.165, 1.54) is 12.1 Å². The fourth-order valence-electron chi connectivity index (χ4n) is 1.13. The molecule has 15 heavy (non-hydrogen) atoms. The van der Waals surface area contributed by atoms with Gasteiger partial charge in [-0.15, -0.1) is 0 Å². The minimum Gasteiger partial charge on any atom is -0.465 e. The second kappa shape index (κ2) is 5.31. The van der Waals surface area contributed by atoms with Crippen LogP contribution in [0.25, 0.3) is 0 Å². The van der Waals surface area contributed by atoms with E-state index in [-0.39, 0.29) is 13.2 Å². The highest BCUT2D eigenvalue weighted by molar-refractivity contribution is 5.64. The number of benzene rings is 1. The number of halogens is 1. The minimum absolute atomic E-state index is 0.0927. The van der Waals surface area contributed by atoms with E-state index in [9.17, 15) is 9.18 Å². The number of amides is 1. The zero-order chi connectivity index (χ0) is 11.3. The van der Waals surface area contributed by atoms with E-state index in [0.29, 0.717) is 11.1 Å². The van der Waals surface area contributed by atoms with Gasteiger partial charge < -0.3 is 15.5 Å². The average molecular weight is 213 g/mol. The van der Waals surface area contributed by atoms with Crippen LogP contribution in [0.1, 0.15) is 17.3 Å². The molecule has 1 aromatic carbocycles. The summed E-state index contributed by atoms with van der Waals surface area (Å²) < 4.78 is 13.3. The van der Waals surface area contributed by atoms with Gasteiger partial charge in [-0.2, -0.15) is 0 Å². The number of aliphatic hydroxyl groups is 1. The largest absolute Gasteiger partial charge is 0.465 e. The molecule has 0 bridgehead atoms. The predicted octanol–water partition coefficient (Wildman–Crippen LogP) is 1.46. The molecule has 0 unspecified atom stereocenters. The van der Waals surface area contributed by atoms with Gasteiger partial charge in [0, 0.05) is 0 Å². The van der Waals surface area contributed by atoms with Gasteiger partial charge >= 0.3 is 6.09 Å². The molecule has 3 N–H and O–H groups in total. The summed E-state index contributed by atoms with van der Waals surface area (Å²) in [7, 11) is 0. The number of nitrogens with one attached hydrogen (secondary N) is 1. The molecule has 0 heterocycles. The molecule has 0 aliphatic rings. The van der Waals surface area contributed by atoms with E-state index in [4.69, 9.17) is 10.2 Å². The molecule has 4 nitrogen and oxygen atoms in total. The Hall–Kier alpha value is -1.62. The SMILES string of the molecule is O=C(O)NC[C@H](F)c1ccc(CO)cc1. The van der Waals surface area contributed by atoms with Crippen LogP contribution in [-0.2, 0) is 6.61 Å². The molecule has 0 spiro atoms. The second-order valence-electron chi connectivity index (χ2n) is 3.05. The van der Waals surface area contributed by atoms with Crippen LogP contribution in [0.4, 0.5) is 9.18 Å². The molecule has 0 fully saturated rings. The molecule has 1 rings (SSSR count). The van der Waals surface area contributed by atoms with Crippen molar-refractivity contribution >= 4 is 6.09 Å². The summed E-state index contributed by atoms with van der Waals surface area (Å²) in [4.78, 5) is 10.1. The number of carbonyl (C=O) groups is 1. The lowest BCUT2D eigenvalue weighted by molar-refractivity contribution is 0.189. The van der Waals surface area contributed by atoms with Crippen LogP contribution < -0.4 is 5.32 Å². The maximum atomic E-state index is 13.3. The Morgan fingerprint density at radius 3 is 2.47 bits per heavy atom. The van der Waals surface area contributed by atoms with Crippen molar-refractivity contribution in [2.45, 2.75) is 12.8 Å². The number of alkyl halides is 1. The van der Waals surface area contributed by atoms with Gasteiger partial charge in [-0.05, 0) is 11.1 Å². The van der Waals surface area contributed by atoms with E-state index in [1.807, 2.05) is 5.32 Å². The lowest BCUT2D eigenvalue weighted by Gasteiger charge is -2.08. The zero-order valence-electron chi connectivity index (χ0n) is 7.98. The fourth-order valence-corrected chi connectivity index (χ4v) is 1.13. The Balaban J connectivity index is 2.57. The molecule has 1 amide bonds. The van der Waals surface area contributed by atoms with E-state index in [2.05, 4.69) is 0 Å². The van der Waals surface area contributed by atoms with E-state index in [1.54, 1.807) is 12.1 Å². The smallest absolute Gasteiger partial charge is 0.404 e. The molecule has 1 aromatic rings. The van der Waals surface area contributed by atoms with Crippen LogP contribution >= 0.6 is 0 Å². The first kappa shape index (κ1) is 11.5. The van der Waals surface area contributed by atoms with Crippen molar-refractivity contribution in [3.63, 3.8) is 0 Å². The molecule has 0 saturated carbocycles. The first-order valence-electron chi connectivity index (χ1n) is 4.44. The molecule has 5 heteroatoms. The van der Waals surface area contributed by atoms with Crippen molar-refractivity contribution in [2.24, 2.45) is 0 Å². The lowest BCUT2D eigenvalue weighted by Crippen LogP contribution is -2.24. The Bertz CT molecular complexity index is 326. The van der Waals surface area contributed by atoms with Crippen molar-refractivity contribution in [1.82, 2.24) is 5.32 Å². The summed E-state index contributed by atoms with van der Waals surface area (Å²) in [5, 5.41) is 19.0. The summed E-state index contributed by atoms with van der Waals surface area (Å²) in [6.07, 6.45) is -2.61. The molecular weight excluding hydrogens is 201 g/mol. The van der Waals surface area contributed by atoms with E-state index in [0.717, 1.165) is 0 Å². The Morgan fingerprint density at radius 1 is 1.40 bits per heavy atom. The molecule has 0 radical (unpaired) electrons. The maximum Gasteiger partial charge on any atom is 0.404 e. The number of aliphatic hydroxyl groups excluding tert-OH is 1. The third-order valence-electron chi connectivity index (χ3n) is 1.96. The fraction of sp³-hybridized carbons (Fsp3) is 0.300. The van der Waals surface area contributed by atoms with Crippen molar-refractivity contribution in [3.8, 4) is 0 Å². The van der Waals surface area contributed by atoms with Gasteiger partial charge in [-0.1, -0.05) is 24.3 Å². The Labute approximate surface area is 86.4 Å². The minimum atomic E-state index is -1.37. The van der Waals surface area contributed by atoms with Crippen molar-refractivity contribution < 1.29 is 19.4 Å². The van der Waals surface area contributed by atoms with Crippen LogP contribution in [0.2, 0.25) is 0 Å². The third kappa shape index (κ3) is 3.55. The van der Waals surface area contributed by atoms with Crippen LogP contribution in [0.5, 0.6) is 0 Å². The summed E-state index contributed by atoms with van der Waals surface area (Å²) in [5.74, 6) is 0. The monoisotopic (exact) mass is 213 g/mol. The Kier molecular flexibility index (Phi) is 4.05. The number of rotatable bonds is 4. The molecule has 0 aliphatic heterocycles. The van der Waals surface area contributed by atoms with Crippen molar-refractivity contribution in [3.05, 3.63) is 35.4 Å². The maximum absolute atomic E-state index is 13.3. The first-order chi connectivity index (χ1) is 7.13. The third-order valence-corrected chi connectivity index (χ3v) is 1.96.